The second-order valence-corrected chi connectivity index (χ2v) is 4.91. The van der Waals surface area contributed by atoms with Crippen LogP contribution in [0.4, 0.5) is 16.2 Å². The lowest BCUT2D eigenvalue weighted by Crippen LogP contribution is -2.31. The first kappa shape index (κ1) is 16.3. The summed E-state index contributed by atoms with van der Waals surface area (Å²) in [5, 5.41) is 13.5. The smallest absolute Gasteiger partial charge is 0.322 e. The number of benzene rings is 2. The molecule has 0 saturated heterocycles. The van der Waals surface area contributed by atoms with E-state index in [1.165, 1.54) is 17.0 Å². The van der Waals surface area contributed by atoms with Crippen molar-refractivity contribution in [1.29, 1.82) is 0 Å². The van der Waals surface area contributed by atoms with Gasteiger partial charge in [-0.15, -0.1) is 0 Å². The molecule has 0 heterocycles. The number of carbonyl (C=O) groups is 1. The lowest BCUT2D eigenvalue weighted by atomic mass is 10.2. The van der Waals surface area contributed by atoms with E-state index in [2.05, 4.69) is 5.32 Å². The van der Waals surface area contributed by atoms with Crippen LogP contribution in [-0.4, -0.2) is 30.0 Å². The molecule has 0 fully saturated rings. The normalized spacial score (nSPS) is 10.0. The minimum absolute atomic E-state index is 0.140. The Morgan fingerprint density at radius 1 is 1.22 bits per heavy atom. The Hall–Kier alpha value is -3.09. The third kappa shape index (κ3) is 4.19. The zero-order valence-corrected chi connectivity index (χ0v) is 12.9. The summed E-state index contributed by atoms with van der Waals surface area (Å²) in [6.45, 7) is 0.371. The van der Waals surface area contributed by atoms with Crippen LogP contribution in [0.5, 0.6) is 5.75 Å². The van der Waals surface area contributed by atoms with Crippen molar-refractivity contribution < 1.29 is 14.5 Å². The molecule has 0 spiro atoms. The quantitative estimate of drug-likeness (QED) is 0.678. The lowest BCUT2D eigenvalue weighted by molar-refractivity contribution is -0.383. The highest BCUT2D eigenvalue weighted by molar-refractivity contribution is 5.91. The second kappa shape index (κ2) is 7.26. The van der Waals surface area contributed by atoms with Crippen LogP contribution in [0.1, 0.15) is 5.56 Å². The number of nitrogens with one attached hydrogen (secondary N) is 1. The molecule has 0 saturated carbocycles. The zero-order valence-electron chi connectivity index (χ0n) is 12.9. The van der Waals surface area contributed by atoms with Crippen LogP contribution in [0, 0.1) is 10.1 Å². The van der Waals surface area contributed by atoms with Crippen LogP contribution < -0.4 is 10.1 Å². The molecule has 0 bridgehead atoms. The van der Waals surface area contributed by atoms with E-state index in [0.717, 1.165) is 11.3 Å². The van der Waals surface area contributed by atoms with Crippen molar-refractivity contribution in [2.24, 2.45) is 0 Å². The van der Waals surface area contributed by atoms with Crippen molar-refractivity contribution in [3.05, 3.63) is 64.2 Å². The highest BCUT2D eigenvalue weighted by Crippen LogP contribution is 2.23. The number of nitro benzene ring substituents is 1. The first-order valence-electron chi connectivity index (χ1n) is 6.89. The molecule has 0 aliphatic heterocycles. The van der Waals surface area contributed by atoms with Crippen LogP contribution >= 0.6 is 0 Å². The molecule has 2 rings (SSSR count). The van der Waals surface area contributed by atoms with Gasteiger partial charge in [-0.1, -0.05) is 24.3 Å². The number of methoxy groups -OCH3 is 1. The van der Waals surface area contributed by atoms with Gasteiger partial charge in [0, 0.05) is 19.7 Å². The van der Waals surface area contributed by atoms with E-state index in [1.807, 2.05) is 24.3 Å². The number of nitrogens with zero attached hydrogens (tertiary/aromatic N) is 2. The molecule has 2 aromatic rings. The second-order valence-electron chi connectivity index (χ2n) is 4.91. The monoisotopic (exact) mass is 315 g/mol. The van der Waals surface area contributed by atoms with Crippen LogP contribution in [0.25, 0.3) is 0 Å². The van der Waals surface area contributed by atoms with E-state index in [1.54, 1.807) is 26.3 Å². The SMILES string of the molecule is COc1ccc(CN(C)C(=O)Nc2ccccc2[N+](=O)[O-])cc1. The number of nitro groups is 1. The minimum atomic E-state index is -0.529. The maximum atomic E-state index is 12.2. The van der Waals surface area contributed by atoms with Gasteiger partial charge < -0.3 is 15.0 Å². The van der Waals surface area contributed by atoms with Crippen LogP contribution in [0.3, 0.4) is 0 Å². The number of carbonyl (C=O) groups excluding carboxylic acids is 1. The topological polar surface area (TPSA) is 84.7 Å². The first-order valence-corrected chi connectivity index (χ1v) is 6.89. The molecule has 7 nitrogen and oxygen atoms in total. The molecule has 23 heavy (non-hydrogen) atoms. The molecule has 0 atom stereocenters. The van der Waals surface area contributed by atoms with Gasteiger partial charge in [-0.3, -0.25) is 10.1 Å². The summed E-state index contributed by atoms with van der Waals surface area (Å²) in [4.78, 5) is 24.0. The number of anilines is 1. The van der Waals surface area contributed by atoms with Crippen LogP contribution in [0.15, 0.2) is 48.5 Å². The van der Waals surface area contributed by atoms with Crippen molar-refractivity contribution in [3.8, 4) is 5.75 Å². The average molecular weight is 315 g/mol. The Bertz CT molecular complexity index is 701. The summed E-state index contributed by atoms with van der Waals surface area (Å²) in [5.41, 5.74) is 0.953. The van der Waals surface area contributed by atoms with Crippen LogP contribution in [0.2, 0.25) is 0 Å². The number of hydrogen-bond donors (Lipinski definition) is 1. The molecule has 0 unspecified atom stereocenters. The summed E-state index contributed by atoms with van der Waals surface area (Å²) >= 11 is 0. The summed E-state index contributed by atoms with van der Waals surface area (Å²) in [6.07, 6.45) is 0. The predicted octanol–water partition coefficient (Wildman–Crippen LogP) is 3.27. The molecular formula is C16H17N3O4. The van der Waals surface area contributed by atoms with Crippen LogP contribution in [-0.2, 0) is 6.54 Å². The highest BCUT2D eigenvalue weighted by Gasteiger charge is 2.17. The van der Waals surface area contributed by atoms with Gasteiger partial charge in [0.25, 0.3) is 5.69 Å². The van der Waals surface area contributed by atoms with E-state index in [0.29, 0.717) is 6.54 Å². The number of amides is 2. The molecule has 7 heteroatoms. The molecule has 2 aromatic carbocycles. The Morgan fingerprint density at radius 3 is 2.48 bits per heavy atom. The molecule has 2 amide bonds. The van der Waals surface area contributed by atoms with E-state index < -0.39 is 11.0 Å². The number of rotatable bonds is 5. The summed E-state index contributed by atoms with van der Waals surface area (Å²) in [5.74, 6) is 0.737. The maximum absolute atomic E-state index is 12.2. The lowest BCUT2D eigenvalue weighted by Gasteiger charge is -2.18. The summed E-state index contributed by atoms with van der Waals surface area (Å²) < 4.78 is 5.08. The van der Waals surface area contributed by atoms with Crippen molar-refractivity contribution in [3.63, 3.8) is 0 Å². The first-order chi connectivity index (χ1) is 11.0. The van der Waals surface area contributed by atoms with E-state index in [-0.39, 0.29) is 11.4 Å². The fourth-order valence-corrected chi connectivity index (χ4v) is 2.03. The summed E-state index contributed by atoms with van der Waals surface area (Å²) in [6, 6.07) is 12.9. The van der Waals surface area contributed by atoms with Gasteiger partial charge in [-0.25, -0.2) is 4.79 Å². The molecule has 1 N–H and O–H groups in total. The van der Waals surface area contributed by atoms with Crippen molar-refractivity contribution in [2.45, 2.75) is 6.54 Å². The summed E-state index contributed by atoms with van der Waals surface area (Å²) in [7, 11) is 3.20. The Balaban J connectivity index is 2.04. The number of urea groups is 1. The van der Waals surface area contributed by atoms with Gasteiger partial charge in [0.05, 0.1) is 12.0 Å². The molecule has 0 radical (unpaired) electrons. The number of hydrogen-bond acceptors (Lipinski definition) is 4. The highest BCUT2D eigenvalue weighted by atomic mass is 16.6. The van der Waals surface area contributed by atoms with Crippen molar-refractivity contribution in [2.75, 3.05) is 19.5 Å². The third-order valence-electron chi connectivity index (χ3n) is 3.27. The minimum Gasteiger partial charge on any atom is -0.497 e. The Labute approximate surface area is 133 Å². The van der Waals surface area contributed by atoms with Gasteiger partial charge in [0.2, 0.25) is 0 Å². The maximum Gasteiger partial charge on any atom is 0.322 e. The van der Waals surface area contributed by atoms with E-state index >= 15 is 0 Å². The molecule has 120 valence electrons. The molecule has 0 aromatic heterocycles. The van der Waals surface area contributed by atoms with Gasteiger partial charge in [-0.05, 0) is 23.8 Å². The third-order valence-corrected chi connectivity index (χ3v) is 3.27. The van der Waals surface area contributed by atoms with Gasteiger partial charge >= 0.3 is 6.03 Å². The van der Waals surface area contributed by atoms with Crippen molar-refractivity contribution in [1.82, 2.24) is 4.90 Å². The average Bonchev–Trinajstić information content (AvgIpc) is 2.55. The Morgan fingerprint density at radius 2 is 1.87 bits per heavy atom. The molecule has 0 aliphatic rings. The predicted molar refractivity (Wildman–Crippen MR) is 86.6 cm³/mol. The number of ether oxygens (including phenoxy) is 1. The van der Waals surface area contributed by atoms with E-state index in [9.17, 15) is 14.9 Å². The van der Waals surface area contributed by atoms with E-state index in [4.69, 9.17) is 4.74 Å². The Kier molecular flexibility index (Phi) is 5.14. The standard InChI is InChI=1S/C16H17N3O4/c1-18(11-12-7-9-13(23-2)10-8-12)16(20)17-14-5-3-4-6-15(14)19(21)22/h3-10H,11H2,1-2H3,(H,17,20). The largest absolute Gasteiger partial charge is 0.497 e. The van der Waals surface area contributed by atoms with Gasteiger partial charge in [0.15, 0.2) is 0 Å². The van der Waals surface area contributed by atoms with Crippen molar-refractivity contribution >= 4 is 17.4 Å². The fourth-order valence-electron chi connectivity index (χ4n) is 2.03. The molecule has 0 aliphatic carbocycles. The number of para-hydroxylation sites is 2. The van der Waals surface area contributed by atoms with Gasteiger partial charge in [0.1, 0.15) is 11.4 Å². The molecular weight excluding hydrogens is 298 g/mol. The zero-order chi connectivity index (χ0) is 16.8. The fraction of sp³-hybridized carbons (Fsp3) is 0.188. The van der Waals surface area contributed by atoms with Gasteiger partial charge in [-0.2, -0.15) is 0 Å².